The minimum Gasteiger partial charge on any atom is -0.479 e. The molecule has 37 heavy (non-hydrogen) atoms. The van der Waals surface area contributed by atoms with Crippen molar-refractivity contribution in [3.63, 3.8) is 0 Å². The highest BCUT2D eigenvalue weighted by atomic mass is 31.2. The summed E-state index contributed by atoms with van der Waals surface area (Å²) in [6.45, 7) is 6.02. The van der Waals surface area contributed by atoms with Crippen LogP contribution in [0.15, 0.2) is 54.6 Å². The summed E-state index contributed by atoms with van der Waals surface area (Å²) in [5.41, 5.74) is 7.24. The van der Waals surface area contributed by atoms with E-state index in [1.165, 1.54) is 32.0 Å². The van der Waals surface area contributed by atoms with Crippen molar-refractivity contribution in [3.8, 4) is 0 Å². The lowest BCUT2D eigenvalue weighted by molar-refractivity contribution is -0.152. The molecule has 3 atom stereocenters. The zero-order valence-electron chi connectivity index (χ0n) is 21.1. The van der Waals surface area contributed by atoms with Gasteiger partial charge >= 0.3 is 25.6 Å². The zero-order chi connectivity index (χ0) is 27.8. The smallest absolute Gasteiger partial charge is 0.407 e. The molecule has 2 aromatic rings. The van der Waals surface area contributed by atoms with E-state index in [-0.39, 0.29) is 24.8 Å². The molecule has 0 spiro atoms. The lowest BCUT2D eigenvalue weighted by Crippen LogP contribution is -2.53. The Labute approximate surface area is 215 Å². The van der Waals surface area contributed by atoms with Gasteiger partial charge in [0.05, 0.1) is 6.10 Å². The number of aliphatic carboxylic acids is 1. The van der Waals surface area contributed by atoms with Crippen LogP contribution in [0.3, 0.4) is 0 Å². The number of carbonyl (C=O) groups excluding carboxylic acids is 2. The van der Waals surface area contributed by atoms with Crippen molar-refractivity contribution < 1.29 is 42.9 Å². The summed E-state index contributed by atoms with van der Waals surface area (Å²) in [7, 11) is -5.15. The van der Waals surface area contributed by atoms with Gasteiger partial charge in [0.15, 0.2) is 6.10 Å². The quantitative estimate of drug-likeness (QED) is 0.231. The van der Waals surface area contributed by atoms with Gasteiger partial charge in [0.1, 0.15) is 6.61 Å². The Morgan fingerprint density at radius 1 is 1.03 bits per heavy atom. The van der Waals surface area contributed by atoms with E-state index in [0.29, 0.717) is 11.1 Å². The highest BCUT2D eigenvalue weighted by Gasteiger charge is 2.57. The lowest BCUT2D eigenvalue weighted by atomic mass is 10.1. The van der Waals surface area contributed by atoms with Gasteiger partial charge in [0.2, 0.25) is 5.28 Å². The first kappa shape index (κ1) is 30.0. The van der Waals surface area contributed by atoms with Crippen LogP contribution in [0.2, 0.25) is 0 Å². The molecule has 2 rings (SSSR count). The number of alkyl carbamates (subject to hydrolysis) is 1. The highest BCUT2D eigenvalue weighted by Crippen LogP contribution is 2.59. The molecule has 0 heterocycles. The Balaban J connectivity index is 2.25. The molecule has 1 amide bonds. The summed E-state index contributed by atoms with van der Waals surface area (Å²) in [4.78, 5) is 47.6. The maximum atomic E-state index is 13.4. The van der Waals surface area contributed by atoms with Crippen LogP contribution in [-0.2, 0) is 41.3 Å². The first-order valence-corrected chi connectivity index (χ1v) is 13.1. The highest BCUT2D eigenvalue weighted by molar-refractivity contribution is 7.55. The van der Waals surface area contributed by atoms with Gasteiger partial charge in [-0.2, -0.15) is 0 Å². The molecular formula is C25H33N2O9P. The van der Waals surface area contributed by atoms with E-state index >= 15 is 0 Å². The fourth-order valence-electron chi connectivity index (χ4n) is 3.29. The van der Waals surface area contributed by atoms with Crippen LogP contribution >= 0.6 is 7.60 Å². The minimum atomic E-state index is -5.15. The van der Waals surface area contributed by atoms with E-state index in [0.717, 1.165) is 0 Å². The number of amides is 1. The summed E-state index contributed by atoms with van der Waals surface area (Å²) >= 11 is 0. The lowest BCUT2D eigenvalue weighted by Gasteiger charge is -2.35. The first-order valence-electron chi connectivity index (χ1n) is 11.5. The van der Waals surface area contributed by atoms with E-state index in [9.17, 15) is 28.9 Å². The molecular weight excluding hydrogens is 503 g/mol. The fraction of sp³-hybridized carbons (Fsp3) is 0.400. The third-order valence-electron chi connectivity index (χ3n) is 5.39. The maximum absolute atomic E-state index is 13.4. The van der Waals surface area contributed by atoms with E-state index in [2.05, 4.69) is 5.32 Å². The summed E-state index contributed by atoms with van der Waals surface area (Å²) in [6.07, 6.45) is -2.93. The van der Waals surface area contributed by atoms with Gasteiger partial charge in [-0.3, -0.25) is 9.09 Å². The molecule has 0 bridgehead atoms. The zero-order valence-corrected chi connectivity index (χ0v) is 22.0. The largest absolute Gasteiger partial charge is 0.479 e. The molecule has 202 valence electrons. The normalized spacial score (nSPS) is 15.4. The SMILES string of the molecule is CC(C)OC(=O)NCc1cccc(C(OP(=O)(O)C(N)(C(=O)OCc2ccccc2)C(C)C)C(=O)O)c1. The molecule has 0 aliphatic heterocycles. The van der Waals surface area contributed by atoms with E-state index in [4.69, 9.17) is 19.7 Å². The Morgan fingerprint density at radius 2 is 1.65 bits per heavy atom. The second kappa shape index (κ2) is 12.8. The van der Waals surface area contributed by atoms with Crippen molar-refractivity contribution in [1.29, 1.82) is 0 Å². The number of rotatable bonds is 12. The summed E-state index contributed by atoms with van der Waals surface area (Å²) in [5.74, 6) is -3.74. The van der Waals surface area contributed by atoms with Crippen molar-refractivity contribution >= 4 is 25.6 Å². The van der Waals surface area contributed by atoms with Crippen molar-refractivity contribution in [1.82, 2.24) is 5.32 Å². The summed E-state index contributed by atoms with van der Waals surface area (Å²) < 4.78 is 28.8. The predicted molar refractivity (Wildman–Crippen MR) is 134 cm³/mol. The second-order valence-electron chi connectivity index (χ2n) is 8.94. The first-order chi connectivity index (χ1) is 17.3. The van der Waals surface area contributed by atoms with Gasteiger partial charge in [-0.05, 0) is 36.5 Å². The monoisotopic (exact) mass is 536 g/mol. The van der Waals surface area contributed by atoms with Crippen molar-refractivity contribution in [3.05, 3.63) is 71.3 Å². The Kier molecular flexibility index (Phi) is 10.4. The molecule has 5 N–H and O–H groups in total. The number of nitrogens with one attached hydrogen (secondary N) is 1. The average Bonchev–Trinajstić information content (AvgIpc) is 2.84. The van der Waals surface area contributed by atoms with Crippen molar-refractivity contribution in [2.24, 2.45) is 11.7 Å². The number of hydrogen-bond acceptors (Lipinski definition) is 8. The van der Waals surface area contributed by atoms with Crippen LogP contribution in [0.1, 0.15) is 50.5 Å². The molecule has 11 nitrogen and oxygen atoms in total. The van der Waals surface area contributed by atoms with E-state index < -0.39 is 42.9 Å². The van der Waals surface area contributed by atoms with Gasteiger partial charge < -0.3 is 30.5 Å². The standard InChI is InChI=1S/C25H33N2O9P/c1-16(2)25(26,23(30)34-15-18-9-6-5-7-10-18)37(32,33)36-21(22(28)29)20-12-8-11-19(13-20)14-27-24(31)35-17(3)4/h5-13,16-17,21H,14-15,26H2,1-4H3,(H,27,31)(H,28,29)(H,32,33). The fourth-order valence-corrected chi connectivity index (χ4v) is 4.91. The Bertz CT molecular complexity index is 1140. The molecule has 3 unspecified atom stereocenters. The molecule has 0 aliphatic carbocycles. The predicted octanol–water partition coefficient (Wildman–Crippen LogP) is 3.70. The average molecular weight is 537 g/mol. The van der Waals surface area contributed by atoms with Crippen LogP contribution in [0.5, 0.6) is 0 Å². The molecule has 0 aliphatic rings. The van der Waals surface area contributed by atoms with Crippen molar-refractivity contribution in [2.45, 2.75) is 58.3 Å². The number of esters is 1. The molecule has 0 saturated carbocycles. The third kappa shape index (κ3) is 7.87. The van der Waals surface area contributed by atoms with Crippen LogP contribution in [0.4, 0.5) is 4.79 Å². The van der Waals surface area contributed by atoms with Crippen molar-refractivity contribution in [2.75, 3.05) is 0 Å². The molecule has 2 aromatic carbocycles. The van der Waals surface area contributed by atoms with E-state index in [1.54, 1.807) is 50.2 Å². The van der Waals surface area contributed by atoms with Gasteiger partial charge in [-0.15, -0.1) is 0 Å². The molecule has 0 saturated heterocycles. The molecule has 0 aromatic heterocycles. The van der Waals surface area contributed by atoms with Gasteiger partial charge in [-0.25, -0.2) is 14.4 Å². The van der Waals surface area contributed by atoms with Crippen LogP contribution in [-0.4, -0.2) is 39.4 Å². The van der Waals surface area contributed by atoms with Crippen LogP contribution < -0.4 is 11.1 Å². The van der Waals surface area contributed by atoms with Gasteiger partial charge in [-0.1, -0.05) is 68.4 Å². The van der Waals surface area contributed by atoms with Gasteiger partial charge in [0.25, 0.3) is 0 Å². The topological polar surface area (TPSA) is 174 Å². The number of nitrogens with two attached hydrogens (primary N) is 1. The molecule has 0 radical (unpaired) electrons. The molecule has 12 heteroatoms. The minimum absolute atomic E-state index is 0.00114. The Morgan fingerprint density at radius 3 is 2.22 bits per heavy atom. The van der Waals surface area contributed by atoms with Crippen LogP contribution in [0.25, 0.3) is 0 Å². The summed E-state index contributed by atoms with van der Waals surface area (Å²) in [5, 5.41) is 9.76. The number of hydrogen-bond donors (Lipinski definition) is 4. The maximum Gasteiger partial charge on any atom is 0.407 e. The number of ether oxygens (including phenoxy) is 2. The number of carboxylic acids is 1. The number of benzene rings is 2. The molecule has 0 fully saturated rings. The third-order valence-corrected chi connectivity index (χ3v) is 7.52. The second-order valence-corrected chi connectivity index (χ2v) is 10.9. The van der Waals surface area contributed by atoms with E-state index in [1.807, 2.05) is 0 Å². The van der Waals surface area contributed by atoms with Gasteiger partial charge in [0, 0.05) is 6.54 Å². The summed E-state index contributed by atoms with van der Waals surface area (Å²) in [6, 6.07) is 14.5. The number of carbonyl (C=O) groups is 3. The van der Waals surface area contributed by atoms with Crippen LogP contribution in [0, 0.1) is 5.92 Å². The Hall–Kier alpha value is -3.24. The number of carboxylic acid groups (broad SMARTS) is 1.